The number of hydrogen-bond acceptors (Lipinski definition) is 2. The van der Waals surface area contributed by atoms with Crippen molar-refractivity contribution in [3.63, 3.8) is 0 Å². The minimum absolute atomic E-state index is 0.593. The smallest absolute Gasteiger partial charge is 0.0406 e. The van der Waals surface area contributed by atoms with Crippen molar-refractivity contribution in [1.82, 2.24) is 0 Å². The number of rotatable bonds is 7. The molecular formula is C15H24N2. The number of nitrogens with two attached hydrogens (primary N) is 1. The minimum Gasteiger partial charge on any atom is -0.348 e. The second-order valence-electron chi connectivity index (χ2n) is 4.19. The highest BCUT2D eigenvalue weighted by Crippen LogP contribution is 2.16. The van der Waals surface area contributed by atoms with E-state index in [-0.39, 0.29) is 0 Å². The molecule has 0 unspecified atom stereocenters. The summed E-state index contributed by atoms with van der Waals surface area (Å²) in [6.07, 6.45) is 7.60. The molecule has 0 aromatic heterocycles. The molecule has 0 atom stereocenters. The van der Waals surface area contributed by atoms with Gasteiger partial charge in [0.1, 0.15) is 0 Å². The zero-order chi connectivity index (χ0) is 12.5. The predicted octanol–water partition coefficient (Wildman–Crippen LogP) is 3.33. The largest absolute Gasteiger partial charge is 0.348 e. The van der Waals surface area contributed by atoms with Crippen LogP contribution in [0.4, 0.5) is 5.69 Å². The van der Waals surface area contributed by atoms with Crippen molar-refractivity contribution < 1.29 is 0 Å². The van der Waals surface area contributed by atoms with Crippen LogP contribution in [0.15, 0.2) is 36.5 Å². The van der Waals surface area contributed by atoms with Gasteiger partial charge in [-0.15, -0.1) is 0 Å². The molecule has 0 aliphatic carbocycles. The lowest BCUT2D eigenvalue weighted by Gasteiger charge is -2.20. The Labute approximate surface area is 105 Å². The van der Waals surface area contributed by atoms with E-state index in [1.54, 1.807) is 0 Å². The molecule has 0 radical (unpaired) electrons. The summed E-state index contributed by atoms with van der Waals surface area (Å²) in [6, 6.07) is 8.78. The molecule has 0 amide bonds. The minimum atomic E-state index is 0.593. The van der Waals surface area contributed by atoms with Crippen molar-refractivity contribution in [2.75, 3.05) is 18.0 Å². The van der Waals surface area contributed by atoms with Crippen molar-refractivity contribution >= 4 is 5.69 Å². The molecule has 0 aliphatic rings. The molecule has 2 N–H and O–H groups in total. The van der Waals surface area contributed by atoms with Crippen LogP contribution in [-0.4, -0.2) is 13.1 Å². The first-order chi connectivity index (χ1) is 8.31. The Kier molecular flexibility index (Phi) is 6.41. The SMILES string of the molecule is CCCCN(C=CCN)c1ccc(CC)cc1. The number of anilines is 1. The fourth-order valence-corrected chi connectivity index (χ4v) is 1.73. The van der Waals surface area contributed by atoms with Crippen molar-refractivity contribution in [3.05, 3.63) is 42.1 Å². The first-order valence-electron chi connectivity index (χ1n) is 6.54. The number of hydrogen-bond donors (Lipinski definition) is 1. The van der Waals surface area contributed by atoms with E-state index in [4.69, 9.17) is 5.73 Å². The van der Waals surface area contributed by atoms with Crippen LogP contribution in [0.25, 0.3) is 0 Å². The van der Waals surface area contributed by atoms with Crippen LogP contribution >= 0.6 is 0 Å². The standard InChI is InChI=1S/C15H24N2/c1-3-5-12-17(13-6-11-16)15-9-7-14(4-2)8-10-15/h6-10,13H,3-5,11-12,16H2,1-2H3. The summed E-state index contributed by atoms with van der Waals surface area (Å²) in [7, 11) is 0. The maximum atomic E-state index is 5.52. The van der Waals surface area contributed by atoms with E-state index in [2.05, 4.69) is 49.2 Å². The molecule has 94 valence electrons. The van der Waals surface area contributed by atoms with Gasteiger partial charge in [-0.05, 0) is 30.5 Å². The number of aryl methyl sites for hydroxylation is 1. The molecule has 0 fully saturated rings. The normalized spacial score (nSPS) is 11.0. The third-order valence-corrected chi connectivity index (χ3v) is 2.85. The average molecular weight is 232 g/mol. The van der Waals surface area contributed by atoms with Crippen LogP contribution in [0.5, 0.6) is 0 Å². The van der Waals surface area contributed by atoms with E-state index in [1.807, 2.05) is 6.08 Å². The fraction of sp³-hybridized carbons (Fsp3) is 0.467. The van der Waals surface area contributed by atoms with Gasteiger partial charge < -0.3 is 10.6 Å². The first kappa shape index (κ1) is 13.8. The maximum Gasteiger partial charge on any atom is 0.0406 e. The molecule has 1 rings (SSSR count). The van der Waals surface area contributed by atoms with E-state index < -0.39 is 0 Å². The van der Waals surface area contributed by atoms with Gasteiger partial charge in [0.2, 0.25) is 0 Å². The summed E-state index contributed by atoms with van der Waals surface area (Å²) in [5, 5.41) is 0. The van der Waals surface area contributed by atoms with Gasteiger partial charge in [0.15, 0.2) is 0 Å². The maximum absolute atomic E-state index is 5.52. The molecule has 0 saturated heterocycles. The van der Waals surface area contributed by atoms with Gasteiger partial charge in [-0.3, -0.25) is 0 Å². The predicted molar refractivity (Wildman–Crippen MR) is 76.3 cm³/mol. The summed E-state index contributed by atoms with van der Waals surface area (Å²) in [4.78, 5) is 2.27. The van der Waals surface area contributed by atoms with E-state index >= 15 is 0 Å². The summed E-state index contributed by atoms with van der Waals surface area (Å²) < 4.78 is 0. The van der Waals surface area contributed by atoms with Crippen molar-refractivity contribution in [2.24, 2.45) is 5.73 Å². The zero-order valence-electron chi connectivity index (χ0n) is 11.0. The van der Waals surface area contributed by atoms with E-state index in [0.29, 0.717) is 6.54 Å². The monoisotopic (exact) mass is 232 g/mol. The molecule has 0 aliphatic heterocycles. The Morgan fingerprint density at radius 3 is 2.41 bits per heavy atom. The average Bonchev–Trinajstić information content (AvgIpc) is 2.39. The van der Waals surface area contributed by atoms with Crippen LogP contribution < -0.4 is 10.6 Å². The van der Waals surface area contributed by atoms with Crippen LogP contribution in [0, 0.1) is 0 Å². The lowest BCUT2D eigenvalue weighted by atomic mass is 10.1. The third-order valence-electron chi connectivity index (χ3n) is 2.85. The van der Waals surface area contributed by atoms with Gasteiger partial charge in [-0.2, -0.15) is 0 Å². The Morgan fingerprint density at radius 1 is 1.18 bits per heavy atom. The summed E-state index contributed by atoms with van der Waals surface area (Å²) in [6.45, 7) is 6.04. The Balaban J connectivity index is 2.75. The number of nitrogens with zero attached hydrogens (tertiary/aromatic N) is 1. The van der Waals surface area contributed by atoms with Crippen LogP contribution in [0.3, 0.4) is 0 Å². The van der Waals surface area contributed by atoms with E-state index in [0.717, 1.165) is 13.0 Å². The van der Waals surface area contributed by atoms with Gasteiger partial charge in [-0.25, -0.2) is 0 Å². The van der Waals surface area contributed by atoms with Crippen LogP contribution in [0.2, 0.25) is 0 Å². The summed E-state index contributed by atoms with van der Waals surface area (Å²) in [5.74, 6) is 0. The quantitative estimate of drug-likeness (QED) is 0.781. The zero-order valence-corrected chi connectivity index (χ0v) is 11.0. The first-order valence-corrected chi connectivity index (χ1v) is 6.54. The van der Waals surface area contributed by atoms with Gasteiger partial charge in [-0.1, -0.05) is 38.5 Å². The van der Waals surface area contributed by atoms with E-state index in [9.17, 15) is 0 Å². The van der Waals surface area contributed by atoms with E-state index in [1.165, 1.54) is 24.1 Å². The van der Waals surface area contributed by atoms with Gasteiger partial charge in [0, 0.05) is 25.0 Å². The topological polar surface area (TPSA) is 29.3 Å². The second kappa shape index (κ2) is 7.91. The van der Waals surface area contributed by atoms with Gasteiger partial charge in [0.25, 0.3) is 0 Å². The molecule has 17 heavy (non-hydrogen) atoms. The molecule has 2 heteroatoms. The molecule has 0 bridgehead atoms. The highest BCUT2D eigenvalue weighted by Gasteiger charge is 2.01. The highest BCUT2D eigenvalue weighted by atomic mass is 15.1. The highest BCUT2D eigenvalue weighted by molar-refractivity contribution is 5.50. The molecule has 2 nitrogen and oxygen atoms in total. The van der Waals surface area contributed by atoms with Gasteiger partial charge in [0.05, 0.1) is 0 Å². The lowest BCUT2D eigenvalue weighted by Crippen LogP contribution is -2.17. The summed E-state index contributed by atoms with van der Waals surface area (Å²) >= 11 is 0. The van der Waals surface area contributed by atoms with Gasteiger partial charge >= 0.3 is 0 Å². The molecule has 1 aromatic rings. The Hall–Kier alpha value is -1.28. The molecule has 1 aromatic carbocycles. The van der Waals surface area contributed by atoms with Crippen molar-refractivity contribution in [3.8, 4) is 0 Å². The van der Waals surface area contributed by atoms with Crippen molar-refractivity contribution in [1.29, 1.82) is 0 Å². The second-order valence-corrected chi connectivity index (χ2v) is 4.19. The molecular weight excluding hydrogens is 208 g/mol. The Bertz CT molecular complexity index is 327. The fourth-order valence-electron chi connectivity index (χ4n) is 1.73. The third kappa shape index (κ3) is 4.61. The molecule has 0 spiro atoms. The lowest BCUT2D eigenvalue weighted by molar-refractivity contribution is 0.781. The Morgan fingerprint density at radius 2 is 1.88 bits per heavy atom. The van der Waals surface area contributed by atoms with Crippen LogP contribution in [0.1, 0.15) is 32.3 Å². The molecule has 0 heterocycles. The number of benzene rings is 1. The summed E-state index contributed by atoms with van der Waals surface area (Å²) in [5.41, 5.74) is 8.15. The van der Waals surface area contributed by atoms with Crippen LogP contribution in [-0.2, 0) is 6.42 Å². The molecule has 0 saturated carbocycles. The number of unbranched alkanes of at least 4 members (excludes halogenated alkanes) is 1. The van der Waals surface area contributed by atoms with Crippen molar-refractivity contribution in [2.45, 2.75) is 33.1 Å².